The first-order valence-corrected chi connectivity index (χ1v) is 10.6. The van der Waals surface area contributed by atoms with Crippen LogP contribution in [0.2, 0.25) is 0 Å². The van der Waals surface area contributed by atoms with Crippen molar-refractivity contribution in [3.63, 3.8) is 0 Å². The van der Waals surface area contributed by atoms with Gasteiger partial charge in [0, 0.05) is 19.7 Å². The number of methoxy groups -OCH3 is 1. The number of hydrogen-bond acceptors (Lipinski definition) is 6. The van der Waals surface area contributed by atoms with Crippen molar-refractivity contribution in [2.45, 2.75) is 13.5 Å². The topological polar surface area (TPSA) is 82.4 Å². The van der Waals surface area contributed by atoms with Crippen molar-refractivity contribution in [1.29, 1.82) is 0 Å². The van der Waals surface area contributed by atoms with Gasteiger partial charge in [-0.05, 0) is 36.8 Å². The van der Waals surface area contributed by atoms with Crippen LogP contribution in [0.15, 0.2) is 73.1 Å². The highest BCUT2D eigenvalue weighted by Crippen LogP contribution is 2.25. The van der Waals surface area contributed by atoms with Crippen LogP contribution in [0.1, 0.15) is 23.0 Å². The molecule has 1 amide bonds. The van der Waals surface area contributed by atoms with Gasteiger partial charge >= 0.3 is 0 Å². The maximum absolute atomic E-state index is 12.8. The molecule has 0 radical (unpaired) electrons. The third-order valence-electron chi connectivity index (χ3n) is 5.17. The van der Waals surface area contributed by atoms with Gasteiger partial charge in [0.25, 0.3) is 5.91 Å². The molecule has 8 heteroatoms. The molecule has 168 valence electrons. The molecule has 0 aliphatic heterocycles. The summed E-state index contributed by atoms with van der Waals surface area (Å²) < 4.78 is 12.7. The lowest BCUT2D eigenvalue weighted by Gasteiger charge is -2.11. The summed E-state index contributed by atoms with van der Waals surface area (Å²) in [7, 11) is 3.30. The number of rotatable bonds is 8. The monoisotopic (exact) mass is 443 g/mol. The lowest BCUT2D eigenvalue weighted by atomic mass is 10.2. The Kier molecular flexibility index (Phi) is 6.64. The van der Waals surface area contributed by atoms with Crippen LogP contribution in [-0.4, -0.2) is 51.3 Å². The van der Waals surface area contributed by atoms with E-state index in [0.717, 1.165) is 5.56 Å². The first kappa shape index (κ1) is 22.0. The minimum atomic E-state index is -0.165. The Hall–Kier alpha value is -4.20. The van der Waals surface area contributed by atoms with E-state index in [4.69, 9.17) is 9.47 Å². The van der Waals surface area contributed by atoms with Crippen LogP contribution in [0.5, 0.6) is 11.6 Å². The molecule has 0 saturated carbocycles. The van der Waals surface area contributed by atoms with E-state index < -0.39 is 0 Å². The van der Waals surface area contributed by atoms with E-state index in [2.05, 4.69) is 15.1 Å². The minimum Gasteiger partial charge on any atom is -0.487 e. The fourth-order valence-electron chi connectivity index (χ4n) is 3.18. The molecule has 33 heavy (non-hydrogen) atoms. The summed E-state index contributed by atoms with van der Waals surface area (Å²) in [6.07, 6.45) is 3.31. The van der Waals surface area contributed by atoms with Crippen molar-refractivity contribution in [3.8, 4) is 28.7 Å². The zero-order valence-corrected chi connectivity index (χ0v) is 18.8. The van der Waals surface area contributed by atoms with E-state index in [1.807, 2.05) is 55.5 Å². The van der Waals surface area contributed by atoms with Crippen LogP contribution in [0, 0.1) is 0 Å². The molecule has 4 rings (SSSR count). The Morgan fingerprint density at radius 3 is 2.48 bits per heavy atom. The summed E-state index contributed by atoms with van der Waals surface area (Å²) in [4.78, 5) is 23.2. The van der Waals surface area contributed by atoms with Crippen LogP contribution >= 0.6 is 0 Å². The van der Waals surface area contributed by atoms with Gasteiger partial charge in [-0.25, -0.2) is 9.67 Å². The van der Waals surface area contributed by atoms with Gasteiger partial charge in [-0.15, -0.1) is 0 Å². The van der Waals surface area contributed by atoms with E-state index in [0.29, 0.717) is 47.6 Å². The Balaban J connectivity index is 1.64. The number of ether oxygens (including phenoxy) is 2. The van der Waals surface area contributed by atoms with E-state index in [1.54, 1.807) is 48.3 Å². The molecule has 0 saturated heterocycles. The lowest BCUT2D eigenvalue weighted by molar-refractivity contribution is 0.0796. The van der Waals surface area contributed by atoms with Crippen LogP contribution < -0.4 is 9.47 Å². The van der Waals surface area contributed by atoms with Crippen molar-refractivity contribution in [3.05, 3.63) is 84.3 Å². The number of amides is 1. The van der Waals surface area contributed by atoms with Gasteiger partial charge in [-0.2, -0.15) is 5.10 Å². The number of benzene rings is 1. The average molecular weight is 444 g/mol. The van der Waals surface area contributed by atoms with Gasteiger partial charge in [0.1, 0.15) is 12.4 Å². The summed E-state index contributed by atoms with van der Waals surface area (Å²) >= 11 is 0. The van der Waals surface area contributed by atoms with Crippen molar-refractivity contribution in [2.75, 3.05) is 20.7 Å². The number of pyridine rings is 2. The number of carbonyl (C=O) groups excluding carboxylic acids is 1. The van der Waals surface area contributed by atoms with E-state index in [1.165, 1.54) is 0 Å². The zero-order chi connectivity index (χ0) is 23.2. The molecular formula is C25H25N5O3. The lowest BCUT2D eigenvalue weighted by Crippen LogP contribution is -2.26. The van der Waals surface area contributed by atoms with Gasteiger partial charge in [-0.1, -0.05) is 30.3 Å². The maximum Gasteiger partial charge on any atom is 0.274 e. The Morgan fingerprint density at radius 2 is 1.85 bits per heavy atom. The third kappa shape index (κ3) is 5.01. The van der Waals surface area contributed by atoms with Crippen LogP contribution in [0.3, 0.4) is 0 Å². The molecule has 0 spiro atoms. The maximum atomic E-state index is 12.8. The standard InChI is InChI=1S/C25H25N5O3/c1-4-29(2)25(31)22-14-23(30(28-22)19-10-13-24(32-3)27-15-19)21-12-11-20(16-26-21)33-17-18-8-6-5-7-9-18/h5-16H,4,17H2,1-3H3. The molecule has 8 nitrogen and oxygen atoms in total. The molecule has 3 aromatic heterocycles. The minimum absolute atomic E-state index is 0.165. The highest BCUT2D eigenvalue weighted by Gasteiger charge is 2.20. The molecule has 1 aromatic carbocycles. The second-order valence-corrected chi connectivity index (χ2v) is 7.36. The number of carbonyl (C=O) groups is 1. The molecule has 0 aliphatic carbocycles. The first-order valence-electron chi connectivity index (χ1n) is 10.6. The summed E-state index contributed by atoms with van der Waals surface area (Å²) in [6.45, 7) is 2.95. The molecule has 0 atom stereocenters. The van der Waals surface area contributed by atoms with Crippen molar-refractivity contribution in [1.82, 2.24) is 24.6 Å². The van der Waals surface area contributed by atoms with Gasteiger partial charge < -0.3 is 14.4 Å². The zero-order valence-electron chi connectivity index (χ0n) is 18.8. The molecule has 3 heterocycles. The molecule has 0 unspecified atom stereocenters. The molecular weight excluding hydrogens is 418 g/mol. The van der Waals surface area contributed by atoms with Crippen LogP contribution in [0.4, 0.5) is 0 Å². The first-order chi connectivity index (χ1) is 16.1. The molecule has 4 aromatic rings. The van der Waals surface area contributed by atoms with Crippen LogP contribution in [0.25, 0.3) is 17.1 Å². The SMILES string of the molecule is CCN(C)C(=O)c1cc(-c2ccc(OCc3ccccc3)cn2)n(-c2ccc(OC)nc2)n1. The quantitative estimate of drug-likeness (QED) is 0.409. The van der Waals surface area contributed by atoms with Crippen LogP contribution in [-0.2, 0) is 6.61 Å². The predicted molar refractivity (Wildman–Crippen MR) is 125 cm³/mol. The highest BCUT2D eigenvalue weighted by atomic mass is 16.5. The molecule has 0 fully saturated rings. The van der Waals surface area contributed by atoms with E-state index in [9.17, 15) is 4.79 Å². The smallest absolute Gasteiger partial charge is 0.274 e. The molecule has 0 bridgehead atoms. The second-order valence-electron chi connectivity index (χ2n) is 7.36. The number of hydrogen-bond donors (Lipinski definition) is 0. The Labute approximate surface area is 192 Å². The normalized spacial score (nSPS) is 10.6. The van der Waals surface area contributed by atoms with E-state index >= 15 is 0 Å². The van der Waals surface area contributed by atoms with Crippen molar-refractivity contribution < 1.29 is 14.3 Å². The fraction of sp³-hybridized carbons (Fsp3) is 0.200. The van der Waals surface area contributed by atoms with Gasteiger partial charge in [0.15, 0.2) is 5.69 Å². The molecule has 0 N–H and O–H groups in total. The van der Waals surface area contributed by atoms with Gasteiger partial charge in [0.05, 0.1) is 36.6 Å². The second kappa shape index (κ2) is 9.95. The summed E-state index contributed by atoms with van der Waals surface area (Å²) in [6, 6.07) is 19.0. The highest BCUT2D eigenvalue weighted by molar-refractivity contribution is 5.93. The number of aromatic nitrogens is 4. The summed E-state index contributed by atoms with van der Waals surface area (Å²) in [5.74, 6) is 0.982. The third-order valence-corrected chi connectivity index (χ3v) is 5.17. The summed E-state index contributed by atoms with van der Waals surface area (Å²) in [5, 5.41) is 4.55. The van der Waals surface area contributed by atoms with Gasteiger partial charge in [-0.3, -0.25) is 9.78 Å². The molecule has 0 aliphatic rings. The van der Waals surface area contributed by atoms with Crippen molar-refractivity contribution in [2.24, 2.45) is 0 Å². The van der Waals surface area contributed by atoms with E-state index in [-0.39, 0.29) is 5.91 Å². The van der Waals surface area contributed by atoms with Crippen molar-refractivity contribution >= 4 is 5.91 Å². The predicted octanol–water partition coefficient (Wildman–Crippen LogP) is 4.01. The number of nitrogens with zero attached hydrogens (tertiary/aromatic N) is 5. The largest absolute Gasteiger partial charge is 0.487 e. The summed E-state index contributed by atoms with van der Waals surface area (Å²) in [5.41, 5.74) is 3.43. The fourth-order valence-corrected chi connectivity index (χ4v) is 3.18. The van der Waals surface area contributed by atoms with Gasteiger partial charge in [0.2, 0.25) is 5.88 Å². The Bertz CT molecular complexity index is 1210. The average Bonchev–Trinajstić information content (AvgIpc) is 3.33. The Morgan fingerprint density at radius 1 is 1.03 bits per heavy atom.